The van der Waals surface area contributed by atoms with Crippen LogP contribution in [0.1, 0.15) is 18.9 Å². The summed E-state index contributed by atoms with van der Waals surface area (Å²) in [4.78, 5) is 4.18. The monoisotopic (exact) mass is 261 g/mol. The third kappa shape index (κ3) is 5.95. The van der Waals surface area contributed by atoms with E-state index in [2.05, 4.69) is 27.8 Å². The van der Waals surface area contributed by atoms with Gasteiger partial charge in [0.1, 0.15) is 5.75 Å². The lowest BCUT2D eigenvalue weighted by molar-refractivity contribution is 0.414. The summed E-state index contributed by atoms with van der Waals surface area (Å²) in [5.74, 6) is 1.69. The zero-order valence-electron chi connectivity index (χ0n) is 11.9. The van der Waals surface area contributed by atoms with Crippen molar-refractivity contribution in [3.05, 3.63) is 42.0 Å². The number of hydrogen-bond donors (Lipinski definition) is 2. The van der Waals surface area contributed by atoms with Gasteiger partial charge in [0.2, 0.25) is 0 Å². The van der Waals surface area contributed by atoms with Gasteiger partial charge in [0, 0.05) is 20.1 Å². The summed E-state index contributed by atoms with van der Waals surface area (Å²) in [5, 5.41) is 6.53. The first kappa shape index (κ1) is 15.1. The minimum absolute atomic E-state index is 0.743. The van der Waals surface area contributed by atoms with Crippen molar-refractivity contribution < 1.29 is 4.74 Å². The highest BCUT2D eigenvalue weighted by molar-refractivity contribution is 5.79. The number of guanidine groups is 1. The van der Waals surface area contributed by atoms with E-state index in [-0.39, 0.29) is 0 Å². The Labute approximate surface area is 115 Å². The van der Waals surface area contributed by atoms with Crippen LogP contribution in [-0.4, -0.2) is 26.7 Å². The molecule has 0 heterocycles. The molecule has 0 aliphatic heterocycles. The summed E-state index contributed by atoms with van der Waals surface area (Å²) >= 11 is 0. The number of aliphatic imine (C=N–C) groups is 1. The van der Waals surface area contributed by atoms with Crippen LogP contribution in [0.25, 0.3) is 0 Å². The lowest BCUT2D eigenvalue weighted by atomic mass is 10.2. The zero-order valence-corrected chi connectivity index (χ0v) is 11.9. The van der Waals surface area contributed by atoms with Gasteiger partial charge in [-0.25, -0.2) is 0 Å². The quantitative estimate of drug-likeness (QED) is 0.357. The van der Waals surface area contributed by atoms with Crippen LogP contribution in [-0.2, 0) is 6.54 Å². The minimum atomic E-state index is 0.743. The van der Waals surface area contributed by atoms with E-state index < -0.39 is 0 Å². The Morgan fingerprint density at radius 3 is 2.58 bits per heavy atom. The average molecular weight is 261 g/mol. The number of hydrogen-bond acceptors (Lipinski definition) is 2. The maximum Gasteiger partial charge on any atom is 0.191 e. The van der Waals surface area contributed by atoms with Crippen molar-refractivity contribution in [1.82, 2.24) is 10.6 Å². The summed E-state index contributed by atoms with van der Waals surface area (Å²) in [7, 11) is 3.45. The number of benzene rings is 1. The Morgan fingerprint density at radius 2 is 2.00 bits per heavy atom. The summed E-state index contributed by atoms with van der Waals surface area (Å²) in [5.41, 5.74) is 1.19. The molecule has 0 saturated carbocycles. The number of rotatable bonds is 6. The van der Waals surface area contributed by atoms with E-state index in [9.17, 15) is 0 Å². The third-order valence-electron chi connectivity index (χ3n) is 2.68. The molecule has 0 unspecified atom stereocenters. The second-order valence-corrected chi connectivity index (χ2v) is 4.06. The van der Waals surface area contributed by atoms with Crippen molar-refractivity contribution in [2.75, 3.05) is 20.7 Å². The van der Waals surface area contributed by atoms with Crippen molar-refractivity contribution in [3.8, 4) is 5.75 Å². The van der Waals surface area contributed by atoms with Crippen LogP contribution >= 0.6 is 0 Å². The van der Waals surface area contributed by atoms with Crippen LogP contribution in [0, 0.1) is 0 Å². The van der Waals surface area contributed by atoms with Crippen LogP contribution in [0.15, 0.2) is 41.4 Å². The van der Waals surface area contributed by atoms with Gasteiger partial charge in [0.05, 0.1) is 7.11 Å². The van der Waals surface area contributed by atoms with Crippen molar-refractivity contribution in [2.24, 2.45) is 4.99 Å². The molecule has 0 fully saturated rings. The highest BCUT2D eigenvalue weighted by atomic mass is 16.5. The number of allylic oxidation sites excluding steroid dienone is 1. The van der Waals surface area contributed by atoms with Crippen molar-refractivity contribution in [3.63, 3.8) is 0 Å². The van der Waals surface area contributed by atoms with Gasteiger partial charge in [0.25, 0.3) is 0 Å². The summed E-state index contributed by atoms with van der Waals surface area (Å²) in [6, 6.07) is 8.00. The highest BCUT2D eigenvalue weighted by Crippen LogP contribution is 2.10. The smallest absolute Gasteiger partial charge is 0.191 e. The normalized spacial score (nSPS) is 11.6. The van der Waals surface area contributed by atoms with E-state index in [1.54, 1.807) is 14.2 Å². The molecular weight excluding hydrogens is 238 g/mol. The zero-order chi connectivity index (χ0) is 13.9. The van der Waals surface area contributed by atoms with Gasteiger partial charge in [-0.3, -0.25) is 4.99 Å². The van der Waals surface area contributed by atoms with E-state index in [0.717, 1.165) is 31.2 Å². The molecule has 2 N–H and O–H groups in total. The van der Waals surface area contributed by atoms with E-state index in [1.807, 2.05) is 31.2 Å². The fourth-order valence-electron chi connectivity index (χ4n) is 1.59. The minimum Gasteiger partial charge on any atom is -0.497 e. The fraction of sp³-hybridized carbons (Fsp3) is 0.400. The first-order valence-corrected chi connectivity index (χ1v) is 6.48. The van der Waals surface area contributed by atoms with E-state index in [0.29, 0.717) is 0 Å². The summed E-state index contributed by atoms with van der Waals surface area (Å²) < 4.78 is 5.13. The Balaban J connectivity index is 2.35. The van der Waals surface area contributed by atoms with Crippen molar-refractivity contribution in [2.45, 2.75) is 19.9 Å². The number of methoxy groups -OCH3 is 1. The second kappa shape index (κ2) is 9.03. The fourth-order valence-corrected chi connectivity index (χ4v) is 1.59. The highest BCUT2D eigenvalue weighted by Gasteiger charge is 1.98. The van der Waals surface area contributed by atoms with E-state index in [4.69, 9.17) is 4.74 Å². The topological polar surface area (TPSA) is 45.7 Å². The first-order valence-electron chi connectivity index (χ1n) is 6.48. The second-order valence-electron chi connectivity index (χ2n) is 4.06. The predicted molar refractivity (Wildman–Crippen MR) is 80.6 cm³/mol. The molecule has 1 aromatic carbocycles. The molecule has 0 saturated heterocycles. The average Bonchev–Trinajstić information content (AvgIpc) is 2.47. The number of ether oxygens (including phenoxy) is 1. The molecule has 4 nitrogen and oxygen atoms in total. The largest absolute Gasteiger partial charge is 0.497 e. The molecular formula is C15H23N3O. The van der Waals surface area contributed by atoms with Crippen LogP contribution in [0.3, 0.4) is 0 Å². The maximum atomic E-state index is 5.13. The van der Waals surface area contributed by atoms with E-state index >= 15 is 0 Å². The summed E-state index contributed by atoms with van der Waals surface area (Å²) in [6.45, 7) is 3.65. The molecule has 1 aromatic rings. The van der Waals surface area contributed by atoms with Crippen LogP contribution in [0.4, 0.5) is 0 Å². The molecule has 4 heteroatoms. The van der Waals surface area contributed by atoms with Crippen LogP contribution < -0.4 is 15.4 Å². The van der Waals surface area contributed by atoms with Gasteiger partial charge in [0.15, 0.2) is 5.96 Å². The predicted octanol–water partition coefficient (Wildman–Crippen LogP) is 2.33. The first-order chi connectivity index (χ1) is 9.30. The molecule has 0 atom stereocenters. The SMILES string of the molecule is CC=CCCNC(=NC)NCc1ccc(OC)cc1. The van der Waals surface area contributed by atoms with E-state index in [1.165, 1.54) is 5.56 Å². The summed E-state index contributed by atoms with van der Waals surface area (Å²) in [6.07, 6.45) is 5.18. The van der Waals surface area contributed by atoms with Crippen molar-refractivity contribution in [1.29, 1.82) is 0 Å². The molecule has 0 aliphatic rings. The molecule has 0 bridgehead atoms. The van der Waals surface area contributed by atoms with Gasteiger partial charge in [-0.1, -0.05) is 24.3 Å². The molecule has 0 spiro atoms. The van der Waals surface area contributed by atoms with Crippen molar-refractivity contribution >= 4 is 5.96 Å². The number of nitrogens with one attached hydrogen (secondary N) is 2. The molecule has 104 valence electrons. The molecule has 19 heavy (non-hydrogen) atoms. The Morgan fingerprint density at radius 1 is 1.26 bits per heavy atom. The lowest BCUT2D eigenvalue weighted by Gasteiger charge is -2.11. The molecule has 0 amide bonds. The standard InChI is InChI=1S/C15H23N3O/c1-4-5-6-11-17-15(16-2)18-12-13-7-9-14(19-3)10-8-13/h4-5,7-10H,6,11-12H2,1-3H3,(H2,16,17,18). The lowest BCUT2D eigenvalue weighted by Crippen LogP contribution is -2.37. The van der Waals surface area contributed by atoms with Gasteiger partial charge in [-0.05, 0) is 31.0 Å². The Kier molecular flexibility index (Phi) is 7.17. The Hall–Kier alpha value is -1.97. The van der Waals surface area contributed by atoms with Gasteiger partial charge in [-0.2, -0.15) is 0 Å². The van der Waals surface area contributed by atoms with Gasteiger partial charge in [-0.15, -0.1) is 0 Å². The molecule has 0 radical (unpaired) electrons. The maximum absolute atomic E-state index is 5.13. The Bertz CT molecular complexity index is 410. The van der Waals surface area contributed by atoms with Crippen LogP contribution in [0.5, 0.6) is 5.75 Å². The van der Waals surface area contributed by atoms with Gasteiger partial charge >= 0.3 is 0 Å². The molecule has 0 aromatic heterocycles. The number of nitrogens with zero attached hydrogens (tertiary/aromatic N) is 1. The van der Waals surface area contributed by atoms with Gasteiger partial charge < -0.3 is 15.4 Å². The van der Waals surface area contributed by atoms with Crippen LogP contribution in [0.2, 0.25) is 0 Å². The molecule has 0 aliphatic carbocycles. The molecule has 1 rings (SSSR count). The third-order valence-corrected chi connectivity index (χ3v) is 2.68.